The zero-order valence-electron chi connectivity index (χ0n) is 12.9. The van der Waals surface area contributed by atoms with Gasteiger partial charge in [-0.25, -0.2) is 0 Å². The van der Waals surface area contributed by atoms with Crippen LogP contribution in [0, 0.1) is 0 Å². The molecule has 0 aliphatic heterocycles. The molecule has 0 amide bonds. The molecule has 0 fully saturated rings. The minimum atomic E-state index is 0. The van der Waals surface area contributed by atoms with Gasteiger partial charge in [0.05, 0.1) is 0 Å². The standard InChI is InChI=1S/C16H27N3.HI/c1-4-6-14-19(3)16(17-5-2)18-13-12-15-10-8-7-9-11-15;/h7-11H,4-6,12-14H2,1-3H3,(H,17,18);1H. The van der Waals surface area contributed by atoms with Crippen molar-refractivity contribution in [2.24, 2.45) is 4.99 Å². The van der Waals surface area contributed by atoms with Crippen molar-refractivity contribution in [1.29, 1.82) is 0 Å². The SMILES string of the molecule is CCCCN(C)C(=NCCc1ccccc1)NCC.I. The maximum absolute atomic E-state index is 4.69. The van der Waals surface area contributed by atoms with Crippen molar-refractivity contribution < 1.29 is 0 Å². The van der Waals surface area contributed by atoms with Gasteiger partial charge in [0.1, 0.15) is 0 Å². The largest absolute Gasteiger partial charge is 0.357 e. The zero-order valence-corrected chi connectivity index (χ0v) is 15.3. The number of hydrogen-bond acceptors (Lipinski definition) is 1. The lowest BCUT2D eigenvalue weighted by molar-refractivity contribution is 0.465. The first-order valence-corrected chi connectivity index (χ1v) is 7.31. The fraction of sp³-hybridized carbons (Fsp3) is 0.562. The molecule has 0 aliphatic carbocycles. The Hall–Kier alpha value is -0.780. The normalized spacial score (nSPS) is 10.8. The van der Waals surface area contributed by atoms with Crippen molar-refractivity contribution in [2.45, 2.75) is 33.1 Å². The van der Waals surface area contributed by atoms with Crippen molar-refractivity contribution >= 4 is 29.9 Å². The van der Waals surface area contributed by atoms with Gasteiger partial charge in [0.15, 0.2) is 5.96 Å². The summed E-state index contributed by atoms with van der Waals surface area (Å²) in [6.07, 6.45) is 3.42. The molecule has 1 aromatic carbocycles. The van der Waals surface area contributed by atoms with Crippen LogP contribution in [0.3, 0.4) is 0 Å². The number of nitrogens with one attached hydrogen (secondary N) is 1. The molecule has 0 bridgehead atoms. The summed E-state index contributed by atoms with van der Waals surface area (Å²) in [6, 6.07) is 10.5. The molecule has 0 spiro atoms. The molecule has 3 nitrogen and oxygen atoms in total. The number of rotatable bonds is 7. The van der Waals surface area contributed by atoms with E-state index in [9.17, 15) is 0 Å². The summed E-state index contributed by atoms with van der Waals surface area (Å²) >= 11 is 0. The van der Waals surface area contributed by atoms with Crippen molar-refractivity contribution in [3.63, 3.8) is 0 Å². The van der Waals surface area contributed by atoms with Crippen LogP contribution in [0.15, 0.2) is 35.3 Å². The highest BCUT2D eigenvalue weighted by molar-refractivity contribution is 14.0. The Bertz CT molecular complexity index is 365. The number of guanidine groups is 1. The average Bonchev–Trinajstić information content (AvgIpc) is 2.45. The summed E-state index contributed by atoms with van der Waals surface area (Å²) in [5.74, 6) is 1.02. The monoisotopic (exact) mass is 389 g/mol. The summed E-state index contributed by atoms with van der Waals surface area (Å²) in [5, 5.41) is 3.35. The van der Waals surface area contributed by atoms with E-state index in [1.54, 1.807) is 0 Å². The third-order valence-corrected chi connectivity index (χ3v) is 3.05. The smallest absolute Gasteiger partial charge is 0.193 e. The molecule has 0 radical (unpaired) electrons. The third-order valence-electron chi connectivity index (χ3n) is 3.05. The molecule has 0 aliphatic rings. The fourth-order valence-electron chi connectivity index (χ4n) is 1.91. The highest BCUT2D eigenvalue weighted by Gasteiger charge is 2.03. The molecule has 114 valence electrons. The summed E-state index contributed by atoms with van der Waals surface area (Å²) in [5.41, 5.74) is 1.35. The topological polar surface area (TPSA) is 27.6 Å². The lowest BCUT2D eigenvalue weighted by Crippen LogP contribution is -2.39. The molecule has 0 atom stereocenters. The number of halogens is 1. The summed E-state index contributed by atoms with van der Waals surface area (Å²) < 4.78 is 0. The summed E-state index contributed by atoms with van der Waals surface area (Å²) in [7, 11) is 2.11. The molecule has 0 unspecified atom stereocenters. The number of nitrogens with zero attached hydrogens (tertiary/aromatic N) is 2. The zero-order chi connectivity index (χ0) is 13.9. The lowest BCUT2D eigenvalue weighted by atomic mass is 10.2. The number of benzene rings is 1. The highest BCUT2D eigenvalue weighted by Crippen LogP contribution is 2.00. The van der Waals surface area contributed by atoms with Gasteiger partial charge in [-0.05, 0) is 25.3 Å². The molecule has 4 heteroatoms. The van der Waals surface area contributed by atoms with Crippen LogP contribution >= 0.6 is 24.0 Å². The van der Waals surface area contributed by atoms with Crippen LogP contribution < -0.4 is 5.32 Å². The number of aliphatic imine (C=N–C) groups is 1. The van der Waals surface area contributed by atoms with Gasteiger partial charge in [0.2, 0.25) is 0 Å². The molecule has 0 saturated carbocycles. The van der Waals surface area contributed by atoms with Gasteiger partial charge in [0, 0.05) is 26.7 Å². The van der Waals surface area contributed by atoms with Crippen molar-refractivity contribution in [2.75, 3.05) is 26.7 Å². The molecule has 0 aromatic heterocycles. The van der Waals surface area contributed by atoms with E-state index in [1.165, 1.54) is 18.4 Å². The molecule has 20 heavy (non-hydrogen) atoms. The second-order valence-electron chi connectivity index (χ2n) is 4.75. The van der Waals surface area contributed by atoms with E-state index in [0.29, 0.717) is 0 Å². The van der Waals surface area contributed by atoms with E-state index in [4.69, 9.17) is 4.99 Å². The molecule has 1 N–H and O–H groups in total. The van der Waals surface area contributed by atoms with E-state index >= 15 is 0 Å². The Morgan fingerprint density at radius 2 is 1.90 bits per heavy atom. The minimum absolute atomic E-state index is 0. The number of hydrogen-bond donors (Lipinski definition) is 1. The van der Waals surface area contributed by atoms with Gasteiger partial charge in [-0.1, -0.05) is 43.7 Å². The van der Waals surface area contributed by atoms with Crippen LogP contribution in [0.25, 0.3) is 0 Å². The third kappa shape index (κ3) is 7.72. The highest BCUT2D eigenvalue weighted by atomic mass is 127. The van der Waals surface area contributed by atoms with Crippen LogP contribution in [0.5, 0.6) is 0 Å². The Balaban J connectivity index is 0.00000361. The second kappa shape index (κ2) is 12.0. The minimum Gasteiger partial charge on any atom is -0.357 e. The Morgan fingerprint density at radius 1 is 1.20 bits per heavy atom. The van der Waals surface area contributed by atoms with Gasteiger partial charge < -0.3 is 10.2 Å². The van der Waals surface area contributed by atoms with Crippen LogP contribution in [0.1, 0.15) is 32.3 Å². The quantitative estimate of drug-likeness (QED) is 0.439. The van der Waals surface area contributed by atoms with Crippen molar-refractivity contribution in [3.05, 3.63) is 35.9 Å². The van der Waals surface area contributed by atoms with E-state index in [1.807, 2.05) is 0 Å². The number of unbranched alkanes of at least 4 members (excludes halogenated alkanes) is 1. The Kier molecular flexibility index (Phi) is 11.5. The first-order valence-electron chi connectivity index (χ1n) is 7.31. The van der Waals surface area contributed by atoms with Crippen molar-refractivity contribution in [3.8, 4) is 0 Å². The van der Waals surface area contributed by atoms with Crippen LogP contribution in [-0.4, -0.2) is 37.5 Å². The Morgan fingerprint density at radius 3 is 2.50 bits per heavy atom. The average molecular weight is 389 g/mol. The van der Waals surface area contributed by atoms with E-state index in [2.05, 4.69) is 61.4 Å². The predicted octanol–water partition coefficient (Wildman–Crippen LogP) is 3.54. The second-order valence-corrected chi connectivity index (χ2v) is 4.75. The predicted molar refractivity (Wildman–Crippen MR) is 99.1 cm³/mol. The van der Waals surface area contributed by atoms with Crippen LogP contribution in [0.4, 0.5) is 0 Å². The first kappa shape index (κ1) is 19.2. The van der Waals surface area contributed by atoms with Crippen molar-refractivity contribution in [1.82, 2.24) is 10.2 Å². The van der Waals surface area contributed by atoms with E-state index in [0.717, 1.165) is 32.0 Å². The van der Waals surface area contributed by atoms with Gasteiger partial charge in [-0.15, -0.1) is 24.0 Å². The van der Waals surface area contributed by atoms with Crippen LogP contribution in [0.2, 0.25) is 0 Å². The fourth-order valence-corrected chi connectivity index (χ4v) is 1.91. The van der Waals surface area contributed by atoms with Gasteiger partial charge in [0.25, 0.3) is 0 Å². The summed E-state index contributed by atoms with van der Waals surface area (Å²) in [6.45, 7) is 7.14. The lowest BCUT2D eigenvalue weighted by Gasteiger charge is -2.21. The maximum Gasteiger partial charge on any atom is 0.193 e. The van der Waals surface area contributed by atoms with Gasteiger partial charge in [-0.3, -0.25) is 4.99 Å². The molecular formula is C16H28IN3. The molecule has 0 saturated heterocycles. The van der Waals surface area contributed by atoms with Crippen LogP contribution in [-0.2, 0) is 6.42 Å². The van der Waals surface area contributed by atoms with Gasteiger partial charge >= 0.3 is 0 Å². The molecule has 1 aromatic rings. The molecular weight excluding hydrogens is 361 g/mol. The molecule has 1 rings (SSSR count). The Labute approximate surface area is 140 Å². The first-order chi connectivity index (χ1) is 9.27. The summed E-state index contributed by atoms with van der Waals surface area (Å²) in [4.78, 5) is 6.91. The van der Waals surface area contributed by atoms with Gasteiger partial charge in [-0.2, -0.15) is 0 Å². The van der Waals surface area contributed by atoms with E-state index in [-0.39, 0.29) is 24.0 Å². The molecule has 0 heterocycles. The van der Waals surface area contributed by atoms with E-state index < -0.39 is 0 Å². The maximum atomic E-state index is 4.69.